The molecule has 0 fully saturated rings. The monoisotopic (exact) mass is 218 g/mol. The van der Waals surface area contributed by atoms with Gasteiger partial charge in [-0.25, -0.2) is 4.79 Å². The molecular formula is C11H10N2O3. The van der Waals surface area contributed by atoms with Crippen molar-refractivity contribution in [2.24, 2.45) is 0 Å². The zero-order valence-electron chi connectivity index (χ0n) is 8.36. The predicted octanol–water partition coefficient (Wildman–Crippen LogP) is 0.222. The maximum Gasteiger partial charge on any atom is 0.325 e. The van der Waals surface area contributed by atoms with Gasteiger partial charge in [-0.2, -0.15) is 0 Å². The summed E-state index contributed by atoms with van der Waals surface area (Å²) < 4.78 is 0. The van der Waals surface area contributed by atoms with Crippen LogP contribution >= 0.6 is 0 Å². The number of aromatic amines is 2. The summed E-state index contributed by atoms with van der Waals surface area (Å²) in [6.07, 6.45) is 1.37. The molecule has 0 unspecified atom stereocenters. The molecule has 0 amide bonds. The zero-order valence-corrected chi connectivity index (χ0v) is 8.36. The number of hydrogen-bond acceptors (Lipinski definition) is 3. The Labute approximate surface area is 90.4 Å². The normalized spacial score (nSPS) is 10.3. The van der Waals surface area contributed by atoms with Gasteiger partial charge in [0, 0.05) is 6.20 Å². The number of rotatable bonds is 2. The number of aromatic nitrogens is 2. The molecule has 3 N–H and O–H groups in total. The number of aliphatic hydroxyl groups is 1. The first-order chi connectivity index (χ1) is 7.70. The van der Waals surface area contributed by atoms with Crippen molar-refractivity contribution in [2.75, 3.05) is 0 Å². The van der Waals surface area contributed by atoms with Crippen molar-refractivity contribution >= 4 is 0 Å². The third kappa shape index (κ3) is 1.94. The molecule has 1 aromatic carbocycles. The highest BCUT2D eigenvalue weighted by Gasteiger charge is 2.03. The molecule has 5 heteroatoms. The summed E-state index contributed by atoms with van der Waals surface area (Å²) in [5.41, 5.74) is 0.893. The van der Waals surface area contributed by atoms with Crippen LogP contribution in [0.15, 0.2) is 40.1 Å². The van der Waals surface area contributed by atoms with Gasteiger partial charge in [0.05, 0.1) is 12.2 Å². The number of nitrogens with one attached hydrogen (secondary N) is 2. The third-order valence-electron chi connectivity index (χ3n) is 2.27. The molecule has 0 saturated heterocycles. The third-order valence-corrected chi connectivity index (χ3v) is 2.27. The second-order valence-corrected chi connectivity index (χ2v) is 3.34. The van der Waals surface area contributed by atoms with Crippen LogP contribution in [0.1, 0.15) is 5.56 Å². The Kier molecular flexibility index (Phi) is 2.70. The smallest absolute Gasteiger partial charge is 0.325 e. The first-order valence-electron chi connectivity index (χ1n) is 4.73. The highest BCUT2D eigenvalue weighted by Crippen LogP contribution is 2.14. The van der Waals surface area contributed by atoms with E-state index in [0.29, 0.717) is 11.1 Å². The van der Waals surface area contributed by atoms with E-state index in [2.05, 4.69) is 9.97 Å². The molecule has 0 atom stereocenters. The molecular weight excluding hydrogens is 208 g/mol. The Hall–Kier alpha value is -2.14. The van der Waals surface area contributed by atoms with Crippen LogP contribution in [0.3, 0.4) is 0 Å². The summed E-state index contributed by atoms with van der Waals surface area (Å²) in [5, 5.41) is 8.87. The Morgan fingerprint density at radius 2 is 1.81 bits per heavy atom. The summed E-state index contributed by atoms with van der Waals surface area (Å²) in [6, 6.07) is 6.88. The van der Waals surface area contributed by atoms with E-state index in [-0.39, 0.29) is 6.61 Å². The van der Waals surface area contributed by atoms with Gasteiger partial charge in [0.25, 0.3) is 5.56 Å². The molecule has 16 heavy (non-hydrogen) atoms. The maximum absolute atomic E-state index is 11.5. The average Bonchev–Trinajstić information content (AvgIpc) is 2.29. The fourth-order valence-corrected chi connectivity index (χ4v) is 1.41. The molecule has 1 aromatic heterocycles. The second kappa shape index (κ2) is 4.16. The fourth-order valence-electron chi connectivity index (χ4n) is 1.41. The van der Waals surface area contributed by atoms with Crippen LogP contribution in [0, 0.1) is 0 Å². The van der Waals surface area contributed by atoms with Crippen LogP contribution in [0.5, 0.6) is 0 Å². The van der Waals surface area contributed by atoms with E-state index < -0.39 is 11.2 Å². The molecule has 5 nitrogen and oxygen atoms in total. The number of H-pyrrole nitrogens is 2. The molecule has 0 aliphatic carbocycles. The van der Waals surface area contributed by atoms with Crippen molar-refractivity contribution in [2.45, 2.75) is 6.61 Å². The van der Waals surface area contributed by atoms with Gasteiger partial charge in [-0.15, -0.1) is 0 Å². The van der Waals surface area contributed by atoms with Gasteiger partial charge in [0.15, 0.2) is 0 Å². The minimum Gasteiger partial charge on any atom is -0.392 e. The lowest BCUT2D eigenvalue weighted by Crippen LogP contribution is -2.22. The van der Waals surface area contributed by atoms with E-state index >= 15 is 0 Å². The summed E-state index contributed by atoms with van der Waals surface area (Å²) >= 11 is 0. The lowest BCUT2D eigenvalue weighted by atomic mass is 10.1. The van der Waals surface area contributed by atoms with Gasteiger partial charge in [-0.1, -0.05) is 24.3 Å². The summed E-state index contributed by atoms with van der Waals surface area (Å²) in [6.45, 7) is -0.0394. The van der Waals surface area contributed by atoms with Crippen LogP contribution < -0.4 is 11.2 Å². The lowest BCUT2D eigenvalue weighted by molar-refractivity contribution is 0.282. The topological polar surface area (TPSA) is 85.9 Å². The number of hydrogen-bond donors (Lipinski definition) is 3. The minimum atomic E-state index is -0.527. The molecule has 0 saturated carbocycles. The Balaban J connectivity index is 2.50. The Bertz CT molecular complexity index is 596. The maximum atomic E-state index is 11.5. The van der Waals surface area contributed by atoms with E-state index in [0.717, 1.165) is 5.56 Å². The van der Waals surface area contributed by atoms with E-state index in [4.69, 9.17) is 5.11 Å². The molecule has 2 aromatic rings. The van der Waals surface area contributed by atoms with Crippen molar-refractivity contribution < 1.29 is 5.11 Å². The fraction of sp³-hybridized carbons (Fsp3) is 0.0909. The van der Waals surface area contributed by atoms with Gasteiger partial charge >= 0.3 is 5.69 Å². The SMILES string of the molecule is O=c1[nH]cc(-c2ccc(CO)cc2)c(=O)[nH]1. The summed E-state index contributed by atoms with van der Waals surface area (Å²) in [5.74, 6) is 0. The summed E-state index contributed by atoms with van der Waals surface area (Å²) in [4.78, 5) is 26.9. The van der Waals surface area contributed by atoms with Gasteiger partial charge < -0.3 is 10.1 Å². The number of aliphatic hydroxyl groups excluding tert-OH is 1. The van der Waals surface area contributed by atoms with E-state index in [1.165, 1.54) is 6.20 Å². The molecule has 0 bridgehead atoms. The minimum absolute atomic E-state index is 0.0394. The van der Waals surface area contributed by atoms with Gasteiger partial charge in [-0.05, 0) is 11.1 Å². The van der Waals surface area contributed by atoms with Crippen LogP contribution in [0.2, 0.25) is 0 Å². The molecule has 82 valence electrons. The molecule has 0 aliphatic heterocycles. The van der Waals surface area contributed by atoms with Crippen molar-refractivity contribution in [3.63, 3.8) is 0 Å². The van der Waals surface area contributed by atoms with E-state index in [1.807, 2.05) is 0 Å². The van der Waals surface area contributed by atoms with Crippen molar-refractivity contribution in [1.29, 1.82) is 0 Å². The first-order valence-corrected chi connectivity index (χ1v) is 4.73. The van der Waals surface area contributed by atoms with Crippen LogP contribution in [0.25, 0.3) is 11.1 Å². The van der Waals surface area contributed by atoms with Crippen LogP contribution in [-0.4, -0.2) is 15.1 Å². The van der Waals surface area contributed by atoms with E-state index in [9.17, 15) is 9.59 Å². The quantitative estimate of drug-likeness (QED) is 0.674. The average molecular weight is 218 g/mol. The number of benzene rings is 1. The molecule has 1 heterocycles. The van der Waals surface area contributed by atoms with Crippen molar-refractivity contribution in [3.05, 3.63) is 56.9 Å². The van der Waals surface area contributed by atoms with Gasteiger partial charge in [-0.3, -0.25) is 9.78 Å². The lowest BCUT2D eigenvalue weighted by Gasteiger charge is -2.00. The molecule has 0 aliphatic rings. The highest BCUT2D eigenvalue weighted by molar-refractivity contribution is 5.61. The zero-order chi connectivity index (χ0) is 11.5. The van der Waals surface area contributed by atoms with E-state index in [1.54, 1.807) is 24.3 Å². The largest absolute Gasteiger partial charge is 0.392 e. The standard InChI is InChI=1S/C11H10N2O3/c14-6-7-1-3-8(4-2-7)9-5-12-11(16)13-10(9)15/h1-5,14H,6H2,(H2,12,13,15,16). The molecule has 0 radical (unpaired) electrons. The molecule has 2 rings (SSSR count). The highest BCUT2D eigenvalue weighted by atomic mass is 16.3. The molecule has 0 spiro atoms. The Morgan fingerprint density at radius 1 is 1.12 bits per heavy atom. The van der Waals surface area contributed by atoms with Gasteiger partial charge in [0.2, 0.25) is 0 Å². The van der Waals surface area contributed by atoms with Crippen LogP contribution in [0.4, 0.5) is 0 Å². The van der Waals surface area contributed by atoms with Crippen molar-refractivity contribution in [1.82, 2.24) is 9.97 Å². The Morgan fingerprint density at radius 3 is 2.38 bits per heavy atom. The van der Waals surface area contributed by atoms with Gasteiger partial charge in [0.1, 0.15) is 0 Å². The first kappa shape index (κ1) is 10.4. The van der Waals surface area contributed by atoms with Crippen molar-refractivity contribution in [3.8, 4) is 11.1 Å². The van der Waals surface area contributed by atoms with Crippen LogP contribution in [-0.2, 0) is 6.61 Å². The second-order valence-electron chi connectivity index (χ2n) is 3.34. The predicted molar refractivity (Wildman–Crippen MR) is 59.0 cm³/mol. The summed E-state index contributed by atoms with van der Waals surface area (Å²) in [7, 11) is 0.